The van der Waals surface area contributed by atoms with Crippen LogP contribution < -0.4 is 5.32 Å². The lowest BCUT2D eigenvalue weighted by molar-refractivity contribution is 0.337. The van der Waals surface area contributed by atoms with Crippen molar-refractivity contribution in [2.75, 3.05) is 6.54 Å². The predicted octanol–water partition coefficient (Wildman–Crippen LogP) is 2.96. The number of nitrogens with zero attached hydrogens (tertiary/aromatic N) is 2. The number of imidazole rings is 1. The van der Waals surface area contributed by atoms with E-state index in [1.54, 1.807) is 0 Å². The van der Waals surface area contributed by atoms with Crippen LogP contribution in [0.2, 0.25) is 0 Å². The molecule has 1 aromatic heterocycles. The van der Waals surface area contributed by atoms with Crippen molar-refractivity contribution in [1.82, 2.24) is 14.9 Å². The number of aromatic nitrogens is 2. The Bertz CT molecular complexity index is 379. The Morgan fingerprint density at radius 1 is 1.22 bits per heavy atom. The van der Waals surface area contributed by atoms with Crippen LogP contribution >= 0.6 is 0 Å². The Kier molecular flexibility index (Phi) is 4.44. The quantitative estimate of drug-likeness (QED) is 0.869. The summed E-state index contributed by atoms with van der Waals surface area (Å²) < 4.78 is 2.44. The Labute approximate surface area is 111 Å². The summed E-state index contributed by atoms with van der Waals surface area (Å²) in [7, 11) is 0. The van der Waals surface area contributed by atoms with Gasteiger partial charge in [0.05, 0.1) is 12.0 Å². The molecule has 3 nitrogen and oxygen atoms in total. The molecule has 1 aliphatic rings. The SMILES string of the molecule is CC(C)NCC(C(C)C)n1cnc2c1CCCC2. The van der Waals surface area contributed by atoms with Crippen LogP contribution in [0.5, 0.6) is 0 Å². The van der Waals surface area contributed by atoms with Gasteiger partial charge in [0.25, 0.3) is 0 Å². The van der Waals surface area contributed by atoms with Crippen molar-refractivity contribution in [3.05, 3.63) is 17.7 Å². The maximum atomic E-state index is 4.62. The molecule has 0 radical (unpaired) electrons. The minimum atomic E-state index is 0.529. The van der Waals surface area contributed by atoms with Gasteiger partial charge in [0.1, 0.15) is 0 Å². The molecule has 0 fully saturated rings. The second-order valence-electron chi connectivity index (χ2n) is 6.13. The van der Waals surface area contributed by atoms with Gasteiger partial charge in [-0.2, -0.15) is 0 Å². The van der Waals surface area contributed by atoms with Crippen molar-refractivity contribution in [3.63, 3.8) is 0 Å². The van der Waals surface area contributed by atoms with Gasteiger partial charge in [-0.1, -0.05) is 27.7 Å². The second kappa shape index (κ2) is 5.87. The van der Waals surface area contributed by atoms with Crippen molar-refractivity contribution < 1.29 is 0 Å². The van der Waals surface area contributed by atoms with Crippen LogP contribution in [0.15, 0.2) is 6.33 Å². The van der Waals surface area contributed by atoms with Gasteiger partial charge in [0.2, 0.25) is 0 Å². The number of hydrogen-bond acceptors (Lipinski definition) is 2. The van der Waals surface area contributed by atoms with Gasteiger partial charge in [-0.15, -0.1) is 0 Å². The average Bonchev–Trinajstić information content (AvgIpc) is 2.73. The second-order valence-corrected chi connectivity index (χ2v) is 6.13. The van der Waals surface area contributed by atoms with Gasteiger partial charge in [0.15, 0.2) is 0 Å². The number of rotatable bonds is 5. The zero-order valence-corrected chi connectivity index (χ0v) is 12.2. The maximum absolute atomic E-state index is 4.62. The van der Waals surface area contributed by atoms with Crippen LogP contribution in [-0.2, 0) is 12.8 Å². The molecule has 3 heteroatoms. The van der Waals surface area contributed by atoms with Gasteiger partial charge >= 0.3 is 0 Å². The lowest BCUT2D eigenvalue weighted by Crippen LogP contribution is -2.33. The fourth-order valence-electron chi connectivity index (χ4n) is 2.79. The third kappa shape index (κ3) is 2.94. The summed E-state index contributed by atoms with van der Waals surface area (Å²) in [4.78, 5) is 4.62. The average molecular weight is 249 g/mol. The first-order valence-corrected chi connectivity index (χ1v) is 7.37. The molecule has 0 saturated carbocycles. The van der Waals surface area contributed by atoms with E-state index in [0.29, 0.717) is 18.0 Å². The zero-order valence-electron chi connectivity index (χ0n) is 12.2. The molecular weight excluding hydrogens is 222 g/mol. The van der Waals surface area contributed by atoms with Gasteiger partial charge in [-0.05, 0) is 31.6 Å². The smallest absolute Gasteiger partial charge is 0.0954 e. The van der Waals surface area contributed by atoms with E-state index in [2.05, 4.69) is 48.9 Å². The number of fused-ring (bicyclic) bond motifs is 1. The van der Waals surface area contributed by atoms with Gasteiger partial charge in [-0.3, -0.25) is 0 Å². The Hall–Kier alpha value is -0.830. The third-order valence-electron chi connectivity index (χ3n) is 3.92. The standard InChI is InChI=1S/C15H27N3/c1-11(2)15(9-16-12(3)4)18-10-17-13-7-5-6-8-14(13)18/h10-12,15-16H,5-9H2,1-4H3. The molecule has 1 N–H and O–H groups in total. The monoisotopic (exact) mass is 249 g/mol. The molecule has 2 rings (SSSR count). The van der Waals surface area contributed by atoms with Crippen LogP contribution in [0.1, 0.15) is 58.0 Å². The normalized spacial score (nSPS) is 17.2. The number of hydrogen-bond donors (Lipinski definition) is 1. The van der Waals surface area contributed by atoms with Crippen LogP contribution in [0.3, 0.4) is 0 Å². The van der Waals surface area contributed by atoms with Crippen molar-refractivity contribution >= 4 is 0 Å². The molecule has 0 aliphatic heterocycles. The molecule has 1 aromatic rings. The molecule has 102 valence electrons. The molecule has 1 atom stereocenters. The number of nitrogens with one attached hydrogen (secondary N) is 1. The molecular formula is C15H27N3. The summed E-state index contributed by atoms with van der Waals surface area (Å²) in [6, 6.07) is 1.08. The first-order chi connectivity index (χ1) is 8.59. The molecule has 1 aliphatic carbocycles. The fourth-order valence-corrected chi connectivity index (χ4v) is 2.79. The summed E-state index contributed by atoms with van der Waals surface area (Å²) in [5.74, 6) is 0.636. The molecule has 0 saturated heterocycles. The fraction of sp³-hybridized carbons (Fsp3) is 0.800. The third-order valence-corrected chi connectivity index (χ3v) is 3.92. The van der Waals surface area contributed by atoms with Gasteiger partial charge in [-0.25, -0.2) is 4.98 Å². The topological polar surface area (TPSA) is 29.9 Å². The molecule has 0 spiro atoms. The molecule has 1 unspecified atom stereocenters. The largest absolute Gasteiger partial charge is 0.330 e. The highest BCUT2D eigenvalue weighted by molar-refractivity contribution is 5.17. The summed E-state index contributed by atoms with van der Waals surface area (Å²) in [6.45, 7) is 10.1. The lowest BCUT2D eigenvalue weighted by Gasteiger charge is -2.27. The molecule has 0 aromatic carbocycles. The van der Waals surface area contributed by atoms with E-state index < -0.39 is 0 Å². The highest BCUT2D eigenvalue weighted by Crippen LogP contribution is 2.26. The van der Waals surface area contributed by atoms with Crippen molar-refractivity contribution in [3.8, 4) is 0 Å². The Morgan fingerprint density at radius 2 is 1.94 bits per heavy atom. The minimum Gasteiger partial charge on any atom is -0.330 e. The van der Waals surface area contributed by atoms with E-state index in [-0.39, 0.29) is 0 Å². The van der Waals surface area contributed by atoms with E-state index in [9.17, 15) is 0 Å². The zero-order chi connectivity index (χ0) is 13.1. The van der Waals surface area contributed by atoms with Crippen molar-refractivity contribution in [2.45, 2.75) is 65.5 Å². The summed E-state index contributed by atoms with van der Waals surface area (Å²) in [5, 5.41) is 3.57. The van der Waals surface area contributed by atoms with Crippen molar-refractivity contribution in [1.29, 1.82) is 0 Å². The highest BCUT2D eigenvalue weighted by atomic mass is 15.1. The van der Waals surface area contributed by atoms with Crippen LogP contribution in [0.4, 0.5) is 0 Å². The first-order valence-electron chi connectivity index (χ1n) is 7.37. The van der Waals surface area contributed by atoms with E-state index in [1.807, 2.05) is 0 Å². The summed E-state index contributed by atoms with van der Waals surface area (Å²) >= 11 is 0. The van der Waals surface area contributed by atoms with Crippen LogP contribution in [0, 0.1) is 5.92 Å². The first kappa shape index (κ1) is 13.6. The molecule has 0 amide bonds. The molecule has 18 heavy (non-hydrogen) atoms. The van der Waals surface area contributed by atoms with Crippen LogP contribution in [0.25, 0.3) is 0 Å². The maximum Gasteiger partial charge on any atom is 0.0954 e. The summed E-state index contributed by atoms with van der Waals surface area (Å²) in [5.41, 5.74) is 2.84. The van der Waals surface area contributed by atoms with Crippen LogP contribution in [-0.4, -0.2) is 22.1 Å². The minimum absolute atomic E-state index is 0.529. The van der Waals surface area contributed by atoms with E-state index >= 15 is 0 Å². The van der Waals surface area contributed by atoms with E-state index in [4.69, 9.17) is 0 Å². The summed E-state index contributed by atoms with van der Waals surface area (Å²) in [6.07, 6.45) is 7.08. The van der Waals surface area contributed by atoms with E-state index in [1.165, 1.54) is 37.1 Å². The molecule has 1 heterocycles. The highest BCUT2D eigenvalue weighted by Gasteiger charge is 2.22. The van der Waals surface area contributed by atoms with Gasteiger partial charge < -0.3 is 9.88 Å². The lowest BCUT2D eigenvalue weighted by atomic mass is 9.98. The van der Waals surface area contributed by atoms with Crippen molar-refractivity contribution in [2.24, 2.45) is 5.92 Å². The number of aryl methyl sites for hydroxylation is 1. The Morgan fingerprint density at radius 3 is 2.61 bits per heavy atom. The van der Waals surface area contributed by atoms with Gasteiger partial charge in [0, 0.05) is 24.3 Å². The van der Waals surface area contributed by atoms with E-state index in [0.717, 1.165) is 6.54 Å². The Balaban J connectivity index is 2.17. The predicted molar refractivity (Wildman–Crippen MR) is 75.9 cm³/mol. The molecule has 0 bridgehead atoms.